The fraction of sp³-hybridized carbons (Fsp3) is 0.946. The third kappa shape index (κ3) is 67.0. The lowest BCUT2D eigenvalue weighted by atomic mass is 9.99. The van der Waals surface area contributed by atoms with Crippen LogP contribution < -0.4 is 0 Å². The van der Waals surface area contributed by atoms with E-state index in [-0.39, 0.29) is 25.7 Å². The number of aliphatic hydroxyl groups is 1. The summed E-state index contributed by atoms with van der Waals surface area (Å²) < 4.78 is 68.2. The fourth-order valence-corrected chi connectivity index (χ4v) is 12.8. The number of aliphatic hydroxyl groups excluding tert-OH is 1. The van der Waals surface area contributed by atoms with Crippen LogP contribution in [0.5, 0.6) is 0 Å². The molecular weight excluding hydrogens is 1220 g/mol. The Bertz CT molecular complexity index is 1810. The third-order valence-corrected chi connectivity index (χ3v) is 19.5. The molecule has 0 fully saturated rings. The predicted molar refractivity (Wildman–Crippen MR) is 377 cm³/mol. The first-order valence-electron chi connectivity index (χ1n) is 38.5. The molecule has 0 spiro atoms. The van der Waals surface area contributed by atoms with Crippen molar-refractivity contribution in [2.45, 2.75) is 400 Å². The predicted octanol–water partition coefficient (Wildman–Crippen LogP) is 21.6. The van der Waals surface area contributed by atoms with Crippen molar-refractivity contribution in [3.8, 4) is 0 Å². The van der Waals surface area contributed by atoms with E-state index in [1.807, 2.05) is 0 Å². The first-order valence-corrected chi connectivity index (χ1v) is 41.5. The lowest BCUT2D eigenvalue weighted by Crippen LogP contribution is -2.30. The van der Waals surface area contributed by atoms with Crippen LogP contribution in [0.15, 0.2) is 0 Å². The van der Waals surface area contributed by atoms with Gasteiger partial charge in [-0.2, -0.15) is 0 Å². The molecule has 0 radical (unpaired) electrons. The van der Waals surface area contributed by atoms with Gasteiger partial charge in [0, 0.05) is 25.7 Å². The van der Waals surface area contributed by atoms with Gasteiger partial charge in [0.2, 0.25) is 0 Å². The number of unbranched alkanes of at least 4 members (excludes halogenated alkanes) is 42. The second-order valence-electron chi connectivity index (χ2n) is 27.4. The van der Waals surface area contributed by atoms with Crippen LogP contribution in [0, 0.1) is 11.8 Å². The molecule has 6 atom stereocenters. The molecule has 0 rings (SSSR count). The van der Waals surface area contributed by atoms with Crippen LogP contribution in [0.3, 0.4) is 0 Å². The number of hydrogen-bond donors (Lipinski definition) is 3. The molecule has 93 heavy (non-hydrogen) atoms. The topological polar surface area (TPSA) is 237 Å². The van der Waals surface area contributed by atoms with Crippen molar-refractivity contribution in [3.05, 3.63) is 0 Å². The van der Waals surface area contributed by atoms with Crippen molar-refractivity contribution in [3.63, 3.8) is 0 Å². The second-order valence-corrected chi connectivity index (χ2v) is 30.3. The molecule has 0 aromatic carbocycles. The van der Waals surface area contributed by atoms with Crippen molar-refractivity contribution in [2.24, 2.45) is 11.8 Å². The zero-order valence-electron chi connectivity index (χ0n) is 60.6. The second kappa shape index (κ2) is 66.0. The molecule has 0 aromatic rings. The monoisotopic (exact) mass is 1370 g/mol. The highest BCUT2D eigenvalue weighted by molar-refractivity contribution is 7.47. The van der Waals surface area contributed by atoms with Crippen LogP contribution >= 0.6 is 15.6 Å². The van der Waals surface area contributed by atoms with Gasteiger partial charge in [-0.05, 0) is 37.5 Å². The van der Waals surface area contributed by atoms with Crippen molar-refractivity contribution in [2.75, 3.05) is 39.6 Å². The lowest BCUT2D eigenvalue weighted by molar-refractivity contribution is -0.161. The summed E-state index contributed by atoms with van der Waals surface area (Å²) in [5.74, 6) is -0.522. The van der Waals surface area contributed by atoms with Gasteiger partial charge in [-0.1, -0.05) is 330 Å². The number of carbonyl (C=O) groups is 4. The van der Waals surface area contributed by atoms with Gasteiger partial charge in [-0.15, -0.1) is 0 Å². The van der Waals surface area contributed by atoms with E-state index < -0.39 is 97.5 Å². The van der Waals surface area contributed by atoms with Gasteiger partial charge in [0.15, 0.2) is 12.2 Å². The summed E-state index contributed by atoms with van der Waals surface area (Å²) >= 11 is 0. The SMILES string of the molecule is CCCCCCCCCCCCCCCCC(=O)OC[C@H](COP(=O)(O)OC[C@@H](O)COP(=O)(O)OC[C@@H](COC(=O)CCCCCCC)OC(=O)CCCCCCCCCCCC(C)C)OC(=O)CCCCCCCCCCCCCCCCCCCCC(C)CC. The molecule has 0 aliphatic rings. The summed E-state index contributed by atoms with van der Waals surface area (Å²) in [6, 6.07) is 0. The molecule has 0 saturated heterocycles. The van der Waals surface area contributed by atoms with Crippen LogP contribution in [0.4, 0.5) is 0 Å². The largest absolute Gasteiger partial charge is 0.472 e. The quantitative estimate of drug-likeness (QED) is 0.0222. The molecule has 0 saturated carbocycles. The molecule has 0 aliphatic carbocycles. The Labute approximate surface area is 568 Å². The smallest absolute Gasteiger partial charge is 0.462 e. The van der Waals surface area contributed by atoms with Crippen LogP contribution in [0.1, 0.15) is 382 Å². The molecule has 3 unspecified atom stereocenters. The Kier molecular flexibility index (Phi) is 64.6. The minimum absolute atomic E-state index is 0.104. The Balaban J connectivity index is 5.11. The van der Waals surface area contributed by atoms with E-state index in [1.54, 1.807) is 0 Å². The number of esters is 4. The van der Waals surface area contributed by atoms with Crippen molar-refractivity contribution in [1.82, 2.24) is 0 Å². The molecule has 0 bridgehead atoms. The van der Waals surface area contributed by atoms with E-state index in [4.69, 9.17) is 37.0 Å². The molecule has 0 aromatic heterocycles. The first-order chi connectivity index (χ1) is 44.9. The van der Waals surface area contributed by atoms with E-state index in [0.29, 0.717) is 25.7 Å². The maximum atomic E-state index is 13.1. The van der Waals surface area contributed by atoms with Gasteiger partial charge in [-0.25, -0.2) is 9.13 Å². The maximum Gasteiger partial charge on any atom is 0.472 e. The van der Waals surface area contributed by atoms with Crippen LogP contribution in [0.25, 0.3) is 0 Å². The van der Waals surface area contributed by atoms with Crippen molar-refractivity contribution in [1.29, 1.82) is 0 Å². The number of phosphoric ester groups is 2. The van der Waals surface area contributed by atoms with E-state index in [2.05, 4.69) is 41.5 Å². The molecule has 17 nitrogen and oxygen atoms in total. The van der Waals surface area contributed by atoms with Crippen LogP contribution in [-0.4, -0.2) is 96.7 Å². The number of rotatable bonds is 73. The zero-order valence-corrected chi connectivity index (χ0v) is 62.3. The zero-order chi connectivity index (χ0) is 68.6. The summed E-state index contributed by atoms with van der Waals surface area (Å²) in [5.41, 5.74) is 0. The minimum Gasteiger partial charge on any atom is -0.462 e. The van der Waals surface area contributed by atoms with Gasteiger partial charge in [0.1, 0.15) is 19.3 Å². The van der Waals surface area contributed by atoms with Gasteiger partial charge in [0.25, 0.3) is 0 Å². The molecule has 552 valence electrons. The maximum absolute atomic E-state index is 13.1. The summed E-state index contributed by atoms with van der Waals surface area (Å²) in [6.07, 6.45) is 53.2. The van der Waals surface area contributed by atoms with E-state index in [0.717, 1.165) is 108 Å². The Hall–Kier alpha value is -1.94. The van der Waals surface area contributed by atoms with E-state index in [1.165, 1.54) is 193 Å². The highest BCUT2D eigenvalue weighted by Gasteiger charge is 2.30. The molecule has 19 heteroatoms. The minimum atomic E-state index is -4.95. The number of hydrogen-bond acceptors (Lipinski definition) is 15. The Morgan fingerprint density at radius 3 is 0.817 bits per heavy atom. The molecule has 3 N–H and O–H groups in total. The van der Waals surface area contributed by atoms with Gasteiger partial charge < -0.3 is 33.8 Å². The van der Waals surface area contributed by atoms with E-state index >= 15 is 0 Å². The lowest BCUT2D eigenvalue weighted by Gasteiger charge is -2.21. The van der Waals surface area contributed by atoms with Crippen molar-refractivity contribution < 1.29 is 80.2 Å². The number of ether oxygens (including phenoxy) is 4. The average Bonchev–Trinajstić information content (AvgIpc) is 2.39. The number of phosphoric acid groups is 2. The fourth-order valence-electron chi connectivity index (χ4n) is 11.3. The first kappa shape index (κ1) is 91.1. The summed E-state index contributed by atoms with van der Waals surface area (Å²) in [5, 5.41) is 10.6. The van der Waals surface area contributed by atoms with E-state index in [9.17, 15) is 43.2 Å². The van der Waals surface area contributed by atoms with Gasteiger partial charge in [-0.3, -0.25) is 37.3 Å². The van der Waals surface area contributed by atoms with Crippen LogP contribution in [-0.2, 0) is 65.4 Å². The summed E-state index contributed by atoms with van der Waals surface area (Å²) in [4.78, 5) is 72.4. The summed E-state index contributed by atoms with van der Waals surface area (Å²) in [6.45, 7) is 9.53. The molecule has 0 amide bonds. The highest BCUT2D eigenvalue weighted by Crippen LogP contribution is 2.45. The Morgan fingerprint density at radius 1 is 0.312 bits per heavy atom. The van der Waals surface area contributed by atoms with Gasteiger partial charge >= 0.3 is 39.5 Å². The summed E-state index contributed by atoms with van der Waals surface area (Å²) in [7, 11) is -9.90. The third-order valence-electron chi connectivity index (χ3n) is 17.6. The normalized spacial score (nSPS) is 14.3. The molecule has 0 heterocycles. The highest BCUT2D eigenvalue weighted by atomic mass is 31.2. The Morgan fingerprint density at radius 2 is 0.548 bits per heavy atom. The van der Waals surface area contributed by atoms with Crippen molar-refractivity contribution >= 4 is 39.5 Å². The number of carbonyl (C=O) groups excluding carboxylic acids is 4. The molecule has 0 aliphatic heterocycles. The standard InChI is InChI=1S/C74H144O17P2/c1-7-10-12-14-15-16-17-18-26-29-34-39-45-51-57-72(77)85-63-70(91-73(78)58-52-46-40-35-30-27-24-22-20-19-21-23-25-28-33-38-44-49-55-67(6)9-3)65-89-93(82,83)87-61-68(75)60-86-92(80,81)88-64-69(62-84-71(76)56-50-42-13-11-8-2)90-74(79)59-53-47-41-36-31-32-37-43-48-54-66(4)5/h66-70,75H,7-65H2,1-6H3,(H,80,81)(H,82,83)/t67?,68-,69+,70+/m0/s1. The molecular formula is C74H144O17P2. The van der Waals surface area contributed by atoms with Crippen LogP contribution in [0.2, 0.25) is 0 Å². The van der Waals surface area contributed by atoms with Gasteiger partial charge in [0.05, 0.1) is 26.4 Å². The average molecular weight is 1370 g/mol.